The lowest BCUT2D eigenvalue weighted by atomic mass is 10.1. The maximum absolute atomic E-state index is 5.61. The smallest absolute Gasteiger partial charge is 0.213 e. The molecule has 1 aromatic heterocycles. The zero-order valence-electron chi connectivity index (χ0n) is 8.58. The molecule has 3 nitrogen and oxygen atoms in total. The zero-order valence-corrected chi connectivity index (χ0v) is 10.2. The Labute approximate surface area is 98.4 Å². The third kappa shape index (κ3) is 3.47. The van der Waals surface area contributed by atoms with Gasteiger partial charge in [0.05, 0.1) is 0 Å². The summed E-state index contributed by atoms with van der Waals surface area (Å²) < 4.78 is 6.58. The van der Waals surface area contributed by atoms with E-state index in [2.05, 4.69) is 26.2 Å². The molecule has 1 saturated heterocycles. The maximum Gasteiger partial charge on any atom is 0.213 e. The molecule has 0 radical (unpaired) electrons. The van der Waals surface area contributed by atoms with E-state index in [0.29, 0.717) is 18.5 Å². The van der Waals surface area contributed by atoms with Crippen molar-refractivity contribution in [3.05, 3.63) is 22.8 Å². The van der Waals surface area contributed by atoms with Crippen molar-refractivity contribution in [3.63, 3.8) is 0 Å². The van der Waals surface area contributed by atoms with Crippen LogP contribution in [-0.4, -0.2) is 24.2 Å². The van der Waals surface area contributed by atoms with E-state index in [-0.39, 0.29) is 0 Å². The first-order valence-electron chi connectivity index (χ1n) is 5.32. The fourth-order valence-electron chi connectivity index (χ4n) is 1.70. The Hall–Kier alpha value is -0.610. The molecule has 4 heteroatoms. The molecule has 1 fully saturated rings. The van der Waals surface area contributed by atoms with Gasteiger partial charge in [-0.1, -0.05) is 6.42 Å². The first kappa shape index (κ1) is 10.9. The third-order valence-corrected chi connectivity index (χ3v) is 3.01. The van der Waals surface area contributed by atoms with Crippen molar-refractivity contribution in [3.8, 4) is 5.88 Å². The molecule has 1 aliphatic heterocycles. The van der Waals surface area contributed by atoms with Gasteiger partial charge in [0, 0.05) is 22.8 Å². The van der Waals surface area contributed by atoms with Crippen LogP contribution in [-0.2, 0) is 0 Å². The molecular formula is C11H15BrN2O. The average molecular weight is 271 g/mol. The number of hydrogen-bond acceptors (Lipinski definition) is 3. The van der Waals surface area contributed by atoms with Crippen molar-refractivity contribution < 1.29 is 4.74 Å². The van der Waals surface area contributed by atoms with E-state index in [1.54, 1.807) is 6.20 Å². The first-order valence-corrected chi connectivity index (χ1v) is 6.11. The predicted molar refractivity (Wildman–Crippen MR) is 63.1 cm³/mol. The molecule has 0 saturated carbocycles. The maximum atomic E-state index is 5.61. The monoisotopic (exact) mass is 270 g/mol. The van der Waals surface area contributed by atoms with Gasteiger partial charge in [0.15, 0.2) is 0 Å². The van der Waals surface area contributed by atoms with Gasteiger partial charge in [-0.25, -0.2) is 4.98 Å². The molecular weight excluding hydrogens is 256 g/mol. The highest BCUT2D eigenvalue weighted by molar-refractivity contribution is 9.10. The predicted octanol–water partition coefficient (Wildman–Crippen LogP) is 2.36. The summed E-state index contributed by atoms with van der Waals surface area (Å²) >= 11 is 3.34. The molecule has 1 aliphatic rings. The van der Waals surface area contributed by atoms with Crippen LogP contribution in [0.15, 0.2) is 22.8 Å². The minimum absolute atomic E-state index is 0.490. The van der Waals surface area contributed by atoms with Gasteiger partial charge in [0.2, 0.25) is 5.88 Å². The van der Waals surface area contributed by atoms with Crippen LogP contribution in [0.3, 0.4) is 0 Å². The molecule has 1 atom stereocenters. The molecule has 0 amide bonds. The highest BCUT2D eigenvalue weighted by atomic mass is 79.9. The fourth-order valence-corrected chi connectivity index (χ4v) is 1.93. The van der Waals surface area contributed by atoms with Crippen LogP contribution in [0, 0.1) is 0 Å². The first-order chi connectivity index (χ1) is 7.34. The standard InChI is InChI=1S/C11H15BrN2O/c12-9-4-5-11(14-7-9)15-8-10-3-1-2-6-13-10/h4-5,7,10,13H,1-3,6,8H2. The number of halogens is 1. The second-order valence-corrected chi connectivity index (χ2v) is 4.69. The third-order valence-electron chi connectivity index (χ3n) is 2.55. The van der Waals surface area contributed by atoms with Gasteiger partial charge in [-0.15, -0.1) is 0 Å². The molecule has 2 heterocycles. The Morgan fingerprint density at radius 3 is 3.07 bits per heavy atom. The van der Waals surface area contributed by atoms with E-state index in [0.717, 1.165) is 11.0 Å². The molecule has 2 rings (SSSR count). The molecule has 15 heavy (non-hydrogen) atoms. The van der Waals surface area contributed by atoms with Crippen molar-refractivity contribution >= 4 is 15.9 Å². The van der Waals surface area contributed by atoms with Gasteiger partial charge in [-0.3, -0.25) is 0 Å². The Morgan fingerprint density at radius 1 is 1.47 bits per heavy atom. The normalized spacial score (nSPS) is 21.3. The van der Waals surface area contributed by atoms with Gasteiger partial charge in [0.1, 0.15) is 6.61 Å². The van der Waals surface area contributed by atoms with Crippen molar-refractivity contribution in [1.29, 1.82) is 0 Å². The number of ether oxygens (including phenoxy) is 1. The molecule has 0 aliphatic carbocycles. The second-order valence-electron chi connectivity index (χ2n) is 3.77. The van der Waals surface area contributed by atoms with Gasteiger partial charge < -0.3 is 10.1 Å². The van der Waals surface area contributed by atoms with E-state index in [4.69, 9.17) is 4.74 Å². The Kier molecular flexibility index (Phi) is 3.97. The van der Waals surface area contributed by atoms with Gasteiger partial charge in [0.25, 0.3) is 0 Å². The second kappa shape index (κ2) is 5.47. The summed E-state index contributed by atoms with van der Waals surface area (Å²) in [5, 5.41) is 3.44. The van der Waals surface area contributed by atoms with Crippen LogP contribution in [0.5, 0.6) is 5.88 Å². The van der Waals surface area contributed by atoms with Crippen LogP contribution in [0.25, 0.3) is 0 Å². The lowest BCUT2D eigenvalue weighted by Gasteiger charge is -2.23. The molecule has 1 unspecified atom stereocenters. The number of pyridine rings is 1. The van der Waals surface area contributed by atoms with E-state index in [9.17, 15) is 0 Å². The lowest BCUT2D eigenvalue weighted by molar-refractivity contribution is 0.232. The SMILES string of the molecule is Brc1ccc(OCC2CCCCN2)nc1. The van der Waals surface area contributed by atoms with Crippen molar-refractivity contribution in [2.24, 2.45) is 0 Å². The van der Waals surface area contributed by atoms with Crippen LogP contribution in [0.4, 0.5) is 0 Å². The van der Waals surface area contributed by atoms with Crippen molar-refractivity contribution in [1.82, 2.24) is 10.3 Å². The van der Waals surface area contributed by atoms with Crippen molar-refractivity contribution in [2.45, 2.75) is 25.3 Å². The fraction of sp³-hybridized carbons (Fsp3) is 0.545. The van der Waals surface area contributed by atoms with Crippen LogP contribution in [0.2, 0.25) is 0 Å². The summed E-state index contributed by atoms with van der Waals surface area (Å²) in [5.74, 6) is 0.700. The highest BCUT2D eigenvalue weighted by Crippen LogP contribution is 2.13. The van der Waals surface area contributed by atoms with Crippen LogP contribution < -0.4 is 10.1 Å². The minimum Gasteiger partial charge on any atom is -0.476 e. The van der Waals surface area contributed by atoms with Crippen LogP contribution in [0.1, 0.15) is 19.3 Å². The molecule has 0 bridgehead atoms. The Bertz CT molecular complexity index is 296. The lowest BCUT2D eigenvalue weighted by Crippen LogP contribution is -2.38. The number of nitrogens with zero attached hydrogens (tertiary/aromatic N) is 1. The van der Waals surface area contributed by atoms with E-state index >= 15 is 0 Å². The summed E-state index contributed by atoms with van der Waals surface area (Å²) in [6, 6.07) is 4.31. The van der Waals surface area contributed by atoms with Crippen molar-refractivity contribution in [2.75, 3.05) is 13.2 Å². The average Bonchev–Trinajstić information content (AvgIpc) is 2.30. The molecule has 1 aromatic rings. The number of aromatic nitrogens is 1. The number of hydrogen-bond donors (Lipinski definition) is 1. The van der Waals surface area contributed by atoms with Crippen LogP contribution >= 0.6 is 15.9 Å². The van der Waals surface area contributed by atoms with E-state index < -0.39 is 0 Å². The van der Waals surface area contributed by atoms with Gasteiger partial charge in [-0.05, 0) is 41.4 Å². The zero-order chi connectivity index (χ0) is 10.5. The summed E-state index contributed by atoms with van der Waals surface area (Å²) in [5.41, 5.74) is 0. The quantitative estimate of drug-likeness (QED) is 0.916. The summed E-state index contributed by atoms with van der Waals surface area (Å²) in [6.07, 6.45) is 5.54. The molecule has 82 valence electrons. The largest absolute Gasteiger partial charge is 0.476 e. The van der Waals surface area contributed by atoms with E-state index in [1.165, 1.54) is 19.3 Å². The summed E-state index contributed by atoms with van der Waals surface area (Å²) in [4.78, 5) is 4.17. The Morgan fingerprint density at radius 2 is 2.40 bits per heavy atom. The van der Waals surface area contributed by atoms with Gasteiger partial charge >= 0.3 is 0 Å². The number of rotatable bonds is 3. The molecule has 1 N–H and O–H groups in total. The number of nitrogens with one attached hydrogen (secondary N) is 1. The highest BCUT2D eigenvalue weighted by Gasteiger charge is 2.12. The Balaban J connectivity index is 1.79. The molecule has 0 spiro atoms. The topological polar surface area (TPSA) is 34.1 Å². The molecule has 0 aromatic carbocycles. The number of piperidine rings is 1. The minimum atomic E-state index is 0.490. The van der Waals surface area contributed by atoms with E-state index in [1.807, 2.05) is 12.1 Å². The van der Waals surface area contributed by atoms with Gasteiger partial charge in [-0.2, -0.15) is 0 Å². The summed E-state index contributed by atoms with van der Waals surface area (Å²) in [7, 11) is 0. The summed E-state index contributed by atoms with van der Waals surface area (Å²) in [6.45, 7) is 1.83.